The van der Waals surface area contributed by atoms with E-state index in [4.69, 9.17) is 16.7 Å². The summed E-state index contributed by atoms with van der Waals surface area (Å²) in [5, 5.41) is 8.97. The number of aliphatic carboxylic acids is 1. The lowest BCUT2D eigenvalue weighted by molar-refractivity contribution is -0.138. The number of alkyl halides is 1. The maximum Gasteiger partial charge on any atom is 0.325 e. The number of carboxylic acid groups (broad SMARTS) is 1. The lowest BCUT2D eigenvalue weighted by atomic mass is 10.1. The Kier molecular flexibility index (Phi) is 2.23. The van der Waals surface area contributed by atoms with Crippen LogP contribution < -0.4 is 0 Å². The van der Waals surface area contributed by atoms with Crippen molar-refractivity contribution in [3.05, 3.63) is 11.6 Å². The second-order valence-corrected chi connectivity index (χ2v) is 5.06. The number of carbonyl (C=O) groups is 1. The second-order valence-electron chi connectivity index (χ2n) is 4.46. The van der Waals surface area contributed by atoms with E-state index in [0.29, 0.717) is 0 Å². The Balaban J connectivity index is 2.95. The summed E-state index contributed by atoms with van der Waals surface area (Å²) in [6.45, 7) is 7.68. The van der Waals surface area contributed by atoms with E-state index in [-0.39, 0.29) is 11.3 Å². The Morgan fingerprint density at radius 3 is 2.15 bits per heavy atom. The van der Waals surface area contributed by atoms with E-state index in [0.717, 1.165) is 5.57 Å². The molecule has 2 nitrogen and oxygen atoms in total. The molecule has 1 fully saturated rings. The Hall–Kier alpha value is -0.500. The fourth-order valence-corrected chi connectivity index (χ4v) is 2.21. The molecule has 1 rings (SSSR count). The monoisotopic (exact) mass is 202 g/mol. The van der Waals surface area contributed by atoms with E-state index in [1.807, 2.05) is 33.8 Å². The smallest absolute Gasteiger partial charge is 0.325 e. The van der Waals surface area contributed by atoms with E-state index >= 15 is 0 Å². The summed E-state index contributed by atoms with van der Waals surface area (Å²) in [6, 6.07) is 0. The molecule has 74 valence electrons. The van der Waals surface area contributed by atoms with Crippen LogP contribution in [0.5, 0.6) is 0 Å². The SMILES string of the molecule is CC(C)=CC1C(C)(C)[C@@]1(Cl)C(=O)O. The van der Waals surface area contributed by atoms with Crippen molar-refractivity contribution in [3.63, 3.8) is 0 Å². The van der Waals surface area contributed by atoms with Gasteiger partial charge >= 0.3 is 5.97 Å². The van der Waals surface area contributed by atoms with Crippen LogP contribution in [0.4, 0.5) is 0 Å². The first kappa shape index (κ1) is 10.6. The van der Waals surface area contributed by atoms with Crippen molar-refractivity contribution in [3.8, 4) is 0 Å². The lowest BCUT2D eigenvalue weighted by Crippen LogP contribution is -2.21. The Morgan fingerprint density at radius 2 is 1.92 bits per heavy atom. The first-order chi connectivity index (χ1) is 5.74. The van der Waals surface area contributed by atoms with Gasteiger partial charge in [-0.1, -0.05) is 25.5 Å². The Morgan fingerprint density at radius 1 is 1.46 bits per heavy atom. The maximum absolute atomic E-state index is 10.9. The van der Waals surface area contributed by atoms with Crippen LogP contribution in [0.3, 0.4) is 0 Å². The molecule has 0 aromatic rings. The molecular weight excluding hydrogens is 188 g/mol. The summed E-state index contributed by atoms with van der Waals surface area (Å²) >= 11 is 6.04. The van der Waals surface area contributed by atoms with Gasteiger partial charge in [-0.25, -0.2) is 0 Å². The van der Waals surface area contributed by atoms with Gasteiger partial charge in [-0.2, -0.15) is 0 Å². The van der Waals surface area contributed by atoms with Crippen molar-refractivity contribution in [1.29, 1.82) is 0 Å². The van der Waals surface area contributed by atoms with Crippen LogP contribution in [0.2, 0.25) is 0 Å². The number of rotatable bonds is 2. The topological polar surface area (TPSA) is 37.3 Å². The molecule has 1 N–H and O–H groups in total. The molecule has 0 radical (unpaired) electrons. The maximum atomic E-state index is 10.9. The molecule has 1 unspecified atom stereocenters. The van der Waals surface area contributed by atoms with Gasteiger partial charge in [0.2, 0.25) is 0 Å². The Bertz CT molecular complexity index is 277. The van der Waals surface area contributed by atoms with Crippen molar-refractivity contribution in [2.24, 2.45) is 11.3 Å². The van der Waals surface area contributed by atoms with Gasteiger partial charge < -0.3 is 5.11 Å². The zero-order valence-electron chi connectivity index (χ0n) is 8.39. The highest BCUT2D eigenvalue weighted by atomic mass is 35.5. The fraction of sp³-hybridized carbons (Fsp3) is 0.700. The van der Waals surface area contributed by atoms with E-state index in [1.165, 1.54) is 0 Å². The minimum Gasteiger partial charge on any atom is -0.480 e. The quantitative estimate of drug-likeness (QED) is 0.552. The molecule has 0 amide bonds. The first-order valence-electron chi connectivity index (χ1n) is 4.32. The summed E-state index contributed by atoms with van der Waals surface area (Å²) in [5.74, 6) is -0.967. The van der Waals surface area contributed by atoms with Gasteiger partial charge in [0.1, 0.15) is 0 Å². The van der Waals surface area contributed by atoms with Crippen molar-refractivity contribution < 1.29 is 9.90 Å². The summed E-state index contributed by atoms with van der Waals surface area (Å²) in [4.78, 5) is 9.84. The number of allylic oxidation sites excluding steroid dienone is 2. The summed E-state index contributed by atoms with van der Waals surface area (Å²) in [5.41, 5.74) is 0.777. The number of halogens is 1. The third kappa shape index (κ3) is 1.28. The molecule has 0 bridgehead atoms. The molecule has 0 aliphatic heterocycles. The van der Waals surface area contributed by atoms with Crippen molar-refractivity contribution in [2.75, 3.05) is 0 Å². The molecule has 3 heteroatoms. The van der Waals surface area contributed by atoms with Gasteiger partial charge in [-0.3, -0.25) is 4.79 Å². The van der Waals surface area contributed by atoms with Crippen LogP contribution in [0.1, 0.15) is 27.7 Å². The third-order valence-corrected chi connectivity index (χ3v) is 3.76. The normalized spacial score (nSPS) is 35.3. The highest BCUT2D eigenvalue weighted by molar-refractivity contribution is 6.37. The second kappa shape index (κ2) is 2.74. The largest absolute Gasteiger partial charge is 0.480 e. The number of carboxylic acids is 1. The summed E-state index contributed by atoms with van der Waals surface area (Å²) in [6.07, 6.45) is 1.95. The summed E-state index contributed by atoms with van der Waals surface area (Å²) < 4.78 is 0. The predicted molar refractivity (Wildman–Crippen MR) is 52.9 cm³/mol. The van der Waals surface area contributed by atoms with Gasteiger partial charge in [0, 0.05) is 11.3 Å². The highest BCUT2D eigenvalue weighted by Gasteiger charge is 2.74. The summed E-state index contributed by atoms with van der Waals surface area (Å²) in [7, 11) is 0. The Labute approximate surface area is 83.6 Å². The minimum absolute atomic E-state index is 0.0517. The zero-order valence-corrected chi connectivity index (χ0v) is 9.14. The minimum atomic E-state index is -1.09. The van der Waals surface area contributed by atoms with Crippen molar-refractivity contribution >= 4 is 17.6 Å². The highest BCUT2D eigenvalue weighted by Crippen LogP contribution is 2.67. The standard InChI is InChI=1S/C10H15ClO2/c1-6(2)5-7-9(3,4)10(7,11)8(12)13/h5,7H,1-4H3,(H,12,13)/t7?,10-/m0/s1. The molecule has 2 atom stereocenters. The average molecular weight is 203 g/mol. The van der Waals surface area contributed by atoms with Gasteiger partial charge in [0.25, 0.3) is 0 Å². The van der Waals surface area contributed by atoms with Crippen LogP contribution in [0.15, 0.2) is 11.6 Å². The molecule has 0 aromatic heterocycles. The molecule has 1 aliphatic carbocycles. The third-order valence-electron chi connectivity index (χ3n) is 2.87. The zero-order chi connectivity index (χ0) is 10.4. The van der Waals surface area contributed by atoms with Crippen molar-refractivity contribution in [1.82, 2.24) is 0 Å². The molecular formula is C10H15ClO2. The number of hydrogen-bond acceptors (Lipinski definition) is 1. The fourth-order valence-electron chi connectivity index (χ4n) is 1.81. The lowest BCUT2D eigenvalue weighted by Gasteiger charge is -2.03. The molecule has 0 aromatic carbocycles. The van der Waals surface area contributed by atoms with E-state index in [1.54, 1.807) is 0 Å². The molecule has 1 aliphatic rings. The molecule has 1 saturated carbocycles. The van der Waals surface area contributed by atoms with Crippen LogP contribution in [-0.4, -0.2) is 16.0 Å². The van der Waals surface area contributed by atoms with E-state index in [9.17, 15) is 4.79 Å². The average Bonchev–Trinajstić information content (AvgIpc) is 2.35. The first-order valence-corrected chi connectivity index (χ1v) is 4.69. The molecule has 0 heterocycles. The van der Waals surface area contributed by atoms with E-state index in [2.05, 4.69) is 0 Å². The van der Waals surface area contributed by atoms with Gasteiger partial charge in [0.05, 0.1) is 0 Å². The number of hydrogen-bond donors (Lipinski definition) is 1. The van der Waals surface area contributed by atoms with Crippen molar-refractivity contribution in [2.45, 2.75) is 32.6 Å². The van der Waals surface area contributed by atoms with Crippen LogP contribution in [0.25, 0.3) is 0 Å². The molecule has 0 saturated heterocycles. The van der Waals surface area contributed by atoms with E-state index < -0.39 is 10.8 Å². The van der Waals surface area contributed by atoms with Gasteiger partial charge in [0.15, 0.2) is 4.87 Å². The van der Waals surface area contributed by atoms with Gasteiger partial charge in [-0.05, 0) is 13.8 Å². The molecule has 0 spiro atoms. The predicted octanol–water partition coefficient (Wildman–Crippen LogP) is 2.67. The van der Waals surface area contributed by atoms with Crippen LogP contribution in [0, 0.1) is 11.3 Å². The van der Waals surface area contributed by atoms with Crippen LogP contribution in [-0.2, 0) is 4.79 Å². The van der Waals surface area contributed by atoms with Gasteiger partial charge in [-0.15, -0.1) is 11.6 Å². The van der Waals surface area contributed by atoms with Crippen LogP contribution >= 0.6 is 11.6 Å². The molecule has 13 heavy (non-hydrogen) atoms.